The Hall–Kier alpha value is -3.00. The smallest absolute Gasteiger partial charge is 0.351 e. The summed E-state index contributed by atoms with van der Waals surface area (Å²) in [6, 6.07) is 10.5. The maximum atomic E-state index is 12.2. The molecule has 8 nitrogen and oxygen atoms in total. The third kappa shape index (κ3) is 5.01. The third-order valence-electron chi connectivity index (χ3n) is 4.04. The van der Waals surface area contributed by atoms with Crippen LogP contribution in [0.2, 0.25) is 0 Å². The molecular weight excluding hydrogens is 348 g/mol. The van der Waals surface area contributed by atoms with E-state index in [4.69, 9.17) is 9.47 Å². The van der Waals surface area contributed by atoms with Gasteiger partial charge in [-0.1, -0.05) is 18.2 Å². The Morgan fingerprint density at radius 2 is 2.11 bits per heavy atom. The van der Waals surface area contributed by atoms with Gasteiger partial charge in [0.25, 0.3) is 0 Å². The fourth-order valence-electron chi connectivity index (χ4n) is 2.71. The van der Waals surface area contributed by atoms with Gasteiger partial charge in [0, 0.05) is 20.3 Å². The van der Waals surface area contributed by atoms with E-state index in [1.807, 2.05) is 20.2 Å². The largest absolute Gasteiger partial charge is 0.459 e. The minimum absolute atomic E-state index is 0.150. The number of carbonyl (C=O) groups is 1. The Bertz CT molecular complexity index is 864. The average Bonchev–Trinajstić information content (AvgIpc) is 3.14. The Balaban J connectivity index is 1.56. The summed E-state index contributed by atoms with van der Waals surface area (Å²) in [7, 11) is 3.67. The van der Waals surface area contributed by atoms with E-state index in [-0.39, 0.29) is 18.7 Å². The lowest BCUT2D eigenvalue weighted by Gasteiger charge is -2.15. The van der Waals surface area contributed by atoms with E-state index in [0.29, 0.717) is 24.2 Å². The molecule has 1 fully saturated rings. The molecule has 1 saturated heterocycles. The minimum atomic E-state index is -0.421. The first kappa shape index (κ1) is 18.8. The lowest BCUT2D eigenvalue weighted by atomic mass is 10.2. The molecule has 0 amide bonds. The lowest BCUT2D eigenvalue weighted by molar-refractivity contribution is -0.0339. The van der Waals surface area contributed by atoms with Crippen molar-refractivity contribution in [1.82, 2.24) is 14.5 Å². The molecule has 2 atom stereocenters. The highest BCUT2D eigenvalue weighted by Crippen LogP contribution is 2.27. The Labute approximate surface area is 157 Å². The number of hydrogen-bond donors (Lipinski definition) is 0. The Kier molecular flexibility index (Phi) is 5.97. The molecule has 27 heavy (non-hydrogen) atoms. The van der Waals surface area contributed by atoms with Crippen molar-refractivity contribution in [1.29, 1.82) is 0 Å². The molecule has 0 unspecified atom stereocenters. The molecule has 1 aromatic heterocycles. The molecule has 1 aliphatic heterocycles. The van der Waals surface area contributed by atoms with Gasteiger partial charge in [0.1, 0.15) is 12.8 Å². The summed E-state index contributed by atoms with van der Waals surface area (Å²) in [5.74, 6) is -0.0409. The summed E-state index contributed by atoms with van der Waals surface area (Å²) >= 11 is 0. The van der Waals surface area contributed by atoms with Crippen molar-refractivity contribution in [2.75, 3.05) is 20.7 Å². The van der Waals surface area contributed by atoms with Crippen LogP contribution in [0.25, 0.3) is 0 Å². The van der Waals surface area contributed by atoms with Crippen molar-refractivity contribution in [2.24, 2.45) is 4.99 Å². The SMILES string of the molecule is CN(C)C=Nc1ccn([C@H]2CC[C@@H](COC(=O)c3ccccc3)O2)c(=O)n1. The zero-order valence-electron chi connectivity index (χ0n) is 15.3. The van der Waals surface area contributed by atoms with Crippen LogP contribution in [0.15, 0.2) is 52.4 Å². The number of benzene rings is 1. The van der Waals surface area contributed by atoms with E-state index in [1.165, 1.54) is 4.57 Å². The van der Waals surface area contributed by atoms with Gasteiger partial charge < -0.3 is 14.4 Å². The molecule has 0 saturated carbocycles. The van der Waals surface area contributed by atoms with E-state index >= 15 is 0 Å². The topological polar surface area (TPSA) is 86.0 Å². The predicted octanol–water partition coefficient (Wildman–Crippen LogP) is 2.00. The summed E-state index contributed by atoms with van der Waals surface area (Å²) in [5.41, 5.74) is 0.0803. The molecule has 142 valence electrons. The highest BCUT2D eigenvalue weighted by Gasteiger charge is 2.28. The van der Waals surface area contributed by atoms with E-state index in [2.05, 4.69) is 9.98 Å². The Morgan fingerprint density at radius 1 is 1.33 bits per heavy atom. The monoisotopic (exact) mass is 370 g/mol. The van der Waals surface area contributed by atoms with Crippen LogP contribution in [0.3, 0.4) is 0 Å². The van der Waals surface area contributed by atoms with Gasteiger partial charge in [0.15, 0.2) is 5.82 Å². The third-order valence-corrected chi connectivity index (χ3v) is 4.04. The van der Waals surface area contributed by atoms with Crippen LogP contribution in [0.1, 0.15) is 29.4 Å². The molecule has 0 bridgehead atoms. The van der Waals surface area contributed by atoms with E-state index in [0.717, 1.165) is 0 Å². The molecule has 0 radical (unpaired) electrons. The number of nitrogens with zero attached hydrogens (tertiary/aromatic N) is 4. The number of carbonyl (C=O) groups excluding carboxylic acids is 1. The highest BCUT2D eigenvalue weighted by atomic mass is 16.6. The lowest BCUT2D eigenvalue weighted by Crippen LogP contribution is -2.27. The van der Waals surface area contributed by atoms with Crippen LogP contribution < -0.4 is 5.69 Å². The van der Waals surface area contributed by atoms with Gasteiger partial charge in [0.2, 0.25) is 0 Å². The summed E-state index contributed by atoms with van der Waals surface area (Å²) < 4.78 is 12.6. The van der Waals surface area contributed by atoms with Crippen molar-refractivity contribution in [3.63, 3.8) is 0 Å². The molecule has 0 N–H and O–H groups in total. The zero-order valence-corrected chi connectivity index (χ0v) is 15.3. The standard InChI is InChI=1S/C19H22N4O4/c1-22(2)13-20-16-10-11-23(19(25)21-16)17-9-8-15(27-17)12-26-18(24)14-6-4-3-5-7-14/h3-7,10-11,13,15,17H,8-9,12H2,1-2H3/t15-,17+/m0/s1. The quantitative estimate of drug-likeness (QED) is 0.439. The summed E-state index contributed by atoms with van der Waals surface area (Å²) in [6.07, 6.45) is 3.88. The van der Waals surface area contributed by atoms with Crippen molar-refractivity contribution in [3.8, 4) is 0 Å². The van der Waals surface area contributed by atoms with Gasteiger partial charge in [-0.25, -0.2) is 14.6 Å². The van der Waals surface area contributed by atoms with Gasteiger partial charge in [0.05, 0.1) is 18.0 Å². The van der Waals surface area contributed by atoms with Crippen LogP contribution in [0, 0.1) is 0 Å². The van der Waals surface area contributed by atoms with Gasteiger partial charge in [-0.15, -0.1) is 0 Å². The van der Waals surface area contributed by atoms with Crippen molar-refractivity contribution in [3.05, 3.63) is 58.6 Å². The molecule has 2 aromatic rings. The second-order valence-electron chi connectivity index (χ2n) is 6.44. The van der Waals surface area contributed by atoms with Crippen molar-refractivity contribution < 1.29 is 14.3 Å². The molecule has 0 spiro atoms. The summed E-state index contributed by atoms with van der Waals surface area (Å²) in [4.78, 5) is 34.0. The van der Waals surface area contributed by atoms with E-state index in [1.54, 1.807) is 47.8 Å². The summed E-state index contributed by atoms with van der Waals surface area (Å²) in [5, 5.41) is 0. The highest BCUT2D eigenvalue weighted by molar-refractivity contribution is 5.89. The molecule has 1 aromatic carbocycles. The Morgan fingerprint density at radius 3 is 2.81 bits per heavy atom. The van der Waals surface area contributed by atoms with Gasteiger partial charge in [-0.05, 0) is 31.0 Å². The maximum absolute atomic E-state index is 12.2. The number of rotatable bonds is 6. The first-order chi connectivity index (χ1) is 13.0. The van der Waals surface area contributed by atoms with Crippen LogP contribution >= 0.6 is 0 Å². The van der Waals surface area contributed by atoms with Crippen molar-refractivity contribution >= 4 is 18.1 Å². The van der Waals surface area contributed by atoms with Crippen LogP contribution in [0.4, 0.5) is 5.82 Å². The predicted molar refractivity (Wildman–Crippen MR) is 100 cm³/mol. The number of ether oxygens (including phenoxy) is 2. The number of aliphatic imine (C=N–C) groups is 1. The zero-order chi connectivity index (χ0) is 19.2. The minimum Gasteiger partial charge on any atom is -0.459 e. The molecule has 1 aliphatic rings. The molecule has 8 heteroatoms. The number of hydrogen-bond acceptors (Lipinski definition) is 6. The van der Waals surface area contributed by atoms with Crippen LogP contribution in [-0.2, 0) is 9.47 Å². The molecule has 0 aliphatic carbocycles. The molecule has 3 rings (SSSR count). The van der Waals surface area contributed by atoms with E-state index < -0.39 is 11.9 Å². The number of esters is 1. The van der Waals surface area contributed by atoms with Gasteiger partial charge >= 0.3 is 11.7 Å². The van der Waals surface area contributed by atoms with Crippen molar-refractivity contribution in [2.45, 2.75) is 25.2 Å². The molecular formula is C19H22N4O4. The molecule has 2 heterocycles. The fourth-order valence-corrected chi connectivity index (χ4v) is 2.71. The second-order valence-corrected chi connectivity index (χ2v) is 6.44. The normalized spacial score (nSPS) is 19.3. The summed E-state index contributed by atoms with van der Waals surface area (Å²) in [6.45, 7) is 0.150. The second kappa shape index (κ2) is 8.59. The van der Waals surface area contributed by atoms with Crippen LogP contribution in [0.5, 0.6) is 0 Å². The first-order valence-electron chi connectivity index (χ1n) is 8.70. The fraction of sp³-hybridized carbons (Fsp3) is 0.368. The average molecular weight is 370 g/mol. The van der Waals surface area contributed by atoms with Gasteiger partial charge in [-0.3, -0.25) is 4.57 Å². The number of aromatic nitrogens is 2. The first-order valence-corrected chi connectivity index (χ1v) is 8.70. The van der Waals surface area contributed by atoms with E-state index in [9.17, 15) is 9.59 Å². The van der Waals surface area contributed by atoms with Crippen LogP contribution in [-0.4, -0.2) is 53.6 Å². The maximum Gasteiger partial charge on any atom is 0.351 e. The van der Waals surface area contributed by atoms with Gasteiger partial charge in [-0.2, -0.15) is 4.98 Å².